The third-order valence-corrected chi connectivity index (χ3v) is 6.06. The maximum atomic E-state index is 12.9. The van der Waals surface area contributed by atoms with Crippen molar-refractivity contribution in [2.75, 3.05) is 26.2 Å². The lowest BCUT2D eigenvalue weighted by molar-refractivity contribution is 0.104. The molecule has 34 heavy (non-hydrogen) atoms. The number of allylic oxidation sites excluding steroid dienone is 1. The van der Waals surface area contributed by atoms with E-state index < -0.39 is 0 Å². The molecule has 2 aromatic carbocycles. The molecule has 3 rings (SSSR count). The van der Waals surface area contributed by atoms with Gasteiger partial charge in [-0.05, 0) is 49.0 Å². The topological polar surface area (TPSA) is 51.7 Å². The molecule has 0 amide bonds. The third-order valence-electron chi connectivity index (χ3n) is 5.09. The average Bonchev–Trinajstić information content (AvgIpc) is 2.84. The first-order valence-corrected chi connectivity index (χ1v) is 12.0. The van der Waals surface area contributed by atoms with E-state index in [1.54, 1.807) is 48.7 Å². The van der Waals surface area contributed by atoms with Crippen LogP contribution in [0.3, 0.4) is 0 Å². The van der Waals surface area contributed by atoms with E-state index in [0.29, 0.717) is 38.7 Å². The van der Waals surface area contributed by atoms with E-state index in [4.69, 9.17) is 44.3 Å². The minimum Gasteiger partial charge on any atom is -0.488 e. The highest BCUT2D eigenvalue weighted by molar-refractivity contribution is 6.42. The van der Waals surface area contributed by atoms with Crippen LogP contribution in [0.5, 0.6) is 17.4 Å². The molecule has 0 spiro atoms. The predicted molar refractivity (Wildman–Crippen MR) is 139 cm³/mol. The van der Waals surface area contributed by atoms with Crippen LogP contribution in [0.4, 0.5) is 0 Å². The monoisotopic (exact) mass is 518 g/mol. The molecule has 3 aromatic rings. The largest absolute Gasteiger partial charge is 0.488 e. The third kappa shape index (κ3) is 7.21. The SMILES string of the molecule is CCN(CC)CCOc1cc(Cl)c(Cl)cc1Oc1ncccc1C(=O)C=Cc1ccc(Cl)cc1. The number of likely N-dealkylation sites (N-methyl/N-ethyl adjacent to an activating group) is 1. The molecule has 1 aromatic heterocycles. The van der Waals surface area contributed by atoms with Crippen molar-refractivity contribution >= 4 is 46.7 Å². The predicted octanol–water partition coefficient (Wildman–Crippen LogP) is 7.45. The van der Waals surface area contributed by atoms with Crippen LogP contribution in [0.25, 0.3) is 6.08 Å². The van der Waals surface area contributed by atoms with Crippen LogP contribution in [-0.2, 0) is 0 Å². The van der Waals surface area contributed by atoms with Crippen LogP contribution in [0.15, 0.2) is 60.8 Å². The summed E-state index contributed by atoms with van der Waals surface area (Å²) in [7, 11) is 0. The highest BCUT2D eigenvalue weighted by Gasteiger charge is 2.17. The van der Waals surface area contributed by atoms with E-state index in [2.05, 4.69) is 23.7 Å². The van der Waals surface area contributed by atoms with Gasteiger partial charge in [-0.1, -0.05) is 66.9 Å². The summed E-state index contributed by atoms with van der Waals surface area (Å²) in [5.74, 6) is 0.619. The zero-order chi connectivity index (χ0) is 24.5. The van der Waals surface area contributed by atoms with Gasteiger partial charge in [0.05, 0.1) is 15.6 Å². The number of hydrogen-bond acceptors (Lipinski definition) is 5. The normalized spacial score (nSPS) is 11.2. The van der Waals surface area contributed by atoms with Crippen LogP contribution in [0.2, 0.25) is 15.1 Å². The van der Waals surface area contributed by atoms with Crippen LogP contribution >= 0.6 is 34.8 Å². The maximum Gasteiger partial charge on any atom is 0.230 e. The number of ether oxygens (including phenoxy) is 2. The van der Waals surface area contributed by atoms with E-state index in [9.17, 15) is 4.79 Å². The lowest BCUT2D eigenvalue weighted by Gasteiger charge is -2.19. The van der Waals surface area contributed by atoms with Gasteiger partial charge < -0.3 is 14.4 Å². The first-order valence-electron chi connectivity index (χ1n) is 10.9. The van der Waals surface area contributed by atoms with Crippen LogP contribution in [-0.4, -0.2) is 41.9 Å². The summed E-state index contributed by atoms with van der Waals surface area (Å²) in [6.45, 7) is 7.22. The van der Waals surface area contributed by atoms with Crippen LogP contribution in [0, 0.1) is 0 Å². The highest BCUT2D eigenvalue weighted by atomic mass is 35.5. The van der Waals surface area contributed by atoms with Gasteiger partial charge in [-0.25, -0.2) is 4.98 Å². The molecule has 0 atom stereocenters. The Morgan fingerprint density at radius 2 is 1.68 bits per heavy atom. The number of rotatable bonds is 11. The Morgan fingerprint density at radius 3 is 2.35 bits per heavy atom. The van der Waals surface area contributed by atoms with E-state index in [-0.39, 0.29) is 11.7 Å². The number of aromatic nitrogens is 1. The van der Waals surface area contributed by atoms with Gasteiger partial charge in [-0.2, -0.15) is 0 Å². The fourth-order valence-corrected chi connectivity index (χ4v) is 3.56. The average molecular weight is 520 g/mol. The number of pyridine rings is 1. The molecule has 0 saturated heterocycles. The number of hydrogen-bond donors (Lipinski definition) is 0. The number of benzene rings is 2. The van der Waals surface area contributed by atoms with Crippen molar-refractivity contribution in [1.29, 1.82) is 0 Å². The van der Waals surface area contributed by atoms with Crippen molar-refractivity contribution in [3.05, 3.63) is 87.0 Å². The Labute approximate surface area is 214 Å². The van der Waals surface area contributed by atoms with Crippen molar-refractivity contribution in [2.45, 2.75) is 13.8 Å². The molecule has 0 unspecified atom stereocenters. The zero-order valence-electron chi connectivity index (χ0n) is 18.9. The summed E-state index contributed by atoms with van der Waals surface area (Å²) >= 11 is 18.4. The van der Waals surface area contributed by atoms with Gasteiger partial charge in [-0.15, -0.1) is 0 Å². The first kappa shape index (κ1) is 26.0. The van der Waals surface area contributed by atoms with Crippen molar-refractivity contribution in [3.63, 3.8) is 0 Å². The molecule has 0 bridgehead atoms. The zero-order valence-corrected chi connectivity index (χ0v) is 21.2. The second-order valence-electron chi connectivity index (χ2n) is 7.30. The Bertz CT molecular complexity index is 1150. The maximum absolute atomic E-state index is 12.9. The van der Waals surface area contributed by atoms with Crippen molar-refractivity contribution in [3.8, 4) is 17.4 Å². The lowest BCUT2D eigenvalue weighted by Crippen LogP contribution is -2.27. The molecule has 5 nitrogen and oxygen atoms in total. The number of ketones is 1. The van der Waals surface area contributed by atoms with Gasteiger partial charge in [0, 0.05) is 29.9 Å². The number of carbonyl (C=O) groups is 1. The minimum absolute atomic E-state index is 0.139. The van der Waals surface area contributed by atoms with Crippen molar-refractivity contribution in [1.82, 2.24) is 9.88 Å². The summed E-state index contributed by atoms with van der Waals surface area (Å²) in [6, 6.07) is 13.7. The van der Waals surface area contributed by atoms with E-state index in [0.717, 1.165) is 25.2 Å². The van der Waals surface area contributed by atoms with Gasteiger partial charge in [0.2, 0.25) is 5.88 Å². The van der Waals surface area contributed by atoms with Gasteiger partial charge >= 0.3 is 0 Å². The Balaban J connectivity index is 1.82. The highest BCUT2D eigenvalue weighted by Crippen LogP contribution is 2.39. The van der Waals surface area contributed by atoms with E-state index >= 15 is 0 Å². The summed E-state index contributed by atoms with van der Waals surface area (Å²) < 4.78 is 12.0. The fourth-order valence-electron chi connectivity index (χ4n) is 3.13. The van der Waals surface area contributed by atoms with Crippen LogP contribution in [0.1, 0.15) is 29.8 Å². The Kier molecular flexibility index (Phi) is 9.78. The number of carbonyl (C=O) groups excluding carboxylic acids is 1. The second kappa shape index (κ2) is 12.8. The molecule has 1 heterocycles. The molecule has 0 fully saturated rings. The first-order chi connectivity index (χ1) is 16.4. The molecule has 0 aliphatic carbocycles. The molecule has 0 saturated carbocycles. The Morgan fingerprint density at radius 1 is 1.00 bits per heavy atom. The van der Waals surface area contributed by atoms with Gasteiger partial charge in [0.15, 0.2) is 17.3 Å². The standard InChI is InChI=1S/C26H25Cl3N2O3/c1-3-31(4-2)14-15-33-24-16-21(28)22(29)17-25(24)34-26-20(6-5-13-30-26)23(32)12-9-18-7-10-19(27)11-8-18/h5-13,16-17H,3-4,14-15H2,1-2H3. The number of halogens is 3. The summed E-state index contributed by atoms with van der Waals surface area (Å²) in [5, 5.41) is 1.28. The Hall–Kier alpha value is -2.57. The van der Waals surface area contributed by atoms with Gasteiger partial charge in [-0.3, -0.25) is 4.79 Å². The second-order valence-corrected chi connectivity index (χ2v) is 8.55. The van der Waals surface area contributed by atoms with Crippen molar-refractivity contribution < 1.29 is 14.3 Å². The molecule has 8 heteroatoms. The van der Waals surface area contributed by atoms with Crippen LogP contribution < -0.4 is 9.47 Å². The molecule has 0 aliphatic heterocycles. The molecule has 0 aliphatic rings. The molecular weight excluding hydrogens is 495 g/mol. The molecule has 178 valence electrons. The quantitative estimate of drug-likeness (QED) is 0.194. The molecule has 0 radical (unpaired) electrons. The molecular formula is C26H25Cl3N2O3. The van der Waals surface area contributed by atoms with Crippen molar-refractivity contribution in [2.24, 2.45) is 0 Å². The fraction of sp³-hybridized carbons (Fsp3) is 0.231. The van der Waals surface area contributed by atoms with Gasteiger partial charge in [0.1, 0.15) is 6.61 Å². The smallest absolute Gasteiger partial charge is 0.230 e. The minimum atomic E-state index is -0.262. The number of nitrogens with zero attached hydrogens (tertiary/aromatic N) is 2. The summed E-state index contributed by atoms with van der Waals surface area (Å²) in [6.07, 6.45) is 4.72. The summed E-state index contributed by atoms with van der Waals surface area (Å²) in [5.41, 5.74) is 1.14. The van der Waals surface area contributed by atoms with E-state index in [1.807, 2.05) is 12.1 Å². The van der Waals surface area contributed by atoms with Gasteiger partial charge in [0.25, 0.3) is 0 Å². The van der Waals surface area contributed by atoms with E-state index in [1.165, 1.54) is 6.08 Å². The summed E-state index contributed by atoms with van der Waals surface area (Å²) in [4.78, 5) is 19.4. The lowest BCUT2D eigenvalue weighted by atomic mass is 10.1. The molecule has 0 N–H and O–H groups in total.